The van der Waals surface area contributed by atoms with Gasteiger partial charge in [0.15, 0.2) is 0 Å². The van der Waals surface area contributed by atoms with Gasteiger partial charge in [-0.3, -0.25) is 0 Å². The van der Waals surface area contributed by atoms with Crippen LogP contribution < -0.4 is 5.32 Å². The second-order valence-corrected chi connectivity index (χ2v) is 4.79. The van der Waals surface area contributed by atoms with Gasteiger partial charge in [-0.2, -0.15) is 0 Å². The number of hydrogen-bond donors (Lipinski definition) is 1. The molecule has 1 atom stereocenters. The van der Waals surface area contributed by atoms with E-state index in [9.17, 15) is 4.39 Å². The maximum absolute atomic E-state index is 12.7. The number of benzene rings is 1. The Morgan fingerprint density at radius 3 is 2.27 bits per heavy atom. The first-order valence-corrected chi connectivity index (χ1v) is 5.39. The standard InChI is InChI=1S/C13H20FN/c1-10(9-13(2,3)15-4)11-5-7-12(14)8-6-11/h5-8,10,15H,9H2,1-4H3. The average Bonchev–Trinajstić information content (AvgIpc) is 2.18. The normalized spacial score (nSPS) is 13.9. The van der Waals surface area contributed by atoms with Crippen LogP contribution in [0, 0.1) is 5.82 Å². The molecule has 0 bridgehead atoms. The van der Waals surface area contributed by atoms with Crippen molar-refractivity contribution in [2.24, 2.45) is 0 Å². The average molecular weight is 209 g/mol. The van der Waals surface area contributed by atoms with Crippen molar-refractivity contribution in [1.82, 2.24) is 5.32 Å². The molecule has 0 saturated carbocycles. The number of nitrogens with one attached hydrogen (secondary N) is 1. The van der Waals surface area contributed by atoms with Gasteiger partial charge in [0.05, 0.1) is 0 Å². The molecule has 0 aliphatic carbocycles. The monoisotopic (exact) mass is 209 g/mol. The van der Waals surface area contributed by atoms with Crippen LogP contribution in [-0.2, 0) is 0 Å². The maximum atomic E-state index is 12.7. The summed E-state index contributed by atoms with van der Waals surface area (Å²) < 4.78 is 12.7. The Bertz CT molecular complexity index is 303. The number of rotatable bonds is 4. The van der Waals surface area contributed by atoms with E-state index in [0.29, 0.717) is 5.92 Å². The fourth-order valence-corrected chi connectivity index (χ4v) is 1.78. The predicted molar refractivity (Wildman–Crippen MR) is 62.6 cm³/mol. The smallest absolute Gasteiger partial charge is 0.123 e. The van der Waals surface area contributed by atoms with Gasteiger partial charge in [-0.15, -0.1) is 0 Å². The van der Waals surface area contributed by atoms with Gasteiger partial charge >= 0.3 is 0 Å². The van der Waals surface area contributed by atoms with E-state index < -0.39 is 0 Å². The van der Waals surface area contributed by atoms with Crippen molar-refractivity contribution < 1.29 is 4.39 Å². The van der Waals surface area contributed by atoms with Crippen molar-refractivity contribution in [3.05, 3.63) is 35.6 Å². The van der Waals surface area contributed by atoms with E-state index in [4.69, 9.17) is 0 Å². The molecule has 1 N–H and O–H groups in total. The van der Waals surface area contributed by atoms with Crippen molar-refractivity contribution in [2.75, 3.05) is 7.05 Å². The van der Waals surface area contributed by atoms with E-state index in [0.717, 1.165) is 6.42 Å². The zero-order valence-electron chi connectivity index (χ0n) is 9.97. The zero-order chi connectivity index (χ0) is 11.5. The van der Waals surface area contributed by atoms with Gasteiger partial charge in [-0.05, 0) is 50.9 Å². The molecule has 1 rings (SSSR count). The molecule has 0 heterocycles. The molecule has 0 aliphatic rings. The van der Waals surface area contributed by atoms with Crippen molar-refractivity contribution in [1.29, 1.82) is 0 Å². The summed E-state index contributed by atoms with van der Waals surface area (Å²) in [6.45, 7) is 6.52. The Hall–Kier alpha value is -0.890. The predicted octanol–water partition coefficient (Wildman–Crippen LogP) is 3.32. The molecule has 1 aromatic rings. The molecule has 15 heavy (non-hydrogen) atoms. The SMILES string of the molecule is CNC(C)(C)CC(C)c1ccc(F)cc1. The lowest BCUT2D eigenvalue weighted by molar-refractivity contribution is 0.367. The molecule has 0 radical (unpaired) electrons. The van der Waals surface area contributed by atoms with E-state index in [-0.39, 0.29) is 11.4 Å². The molecule has 2 heteroatoms. The quantitative estimate of drug-likeness (QED) is 0.802. The minimum Gasteiger partial charge on any atom is -0.315 e. The molecule has 0 spiro atoms. The van der Waals surface area contributed by atoms with Gasteiger partial charge in [0.2, 0.25) is 0 Å². The van der Waals surface area contributed by atoms with Crippen LogP contribution in [0.4, 0.5) is 4.39 Å². The summed E-state index contributed by atoms with van der Waals surface area (Å²) in [5.74, 6) is 0.270. The van der Waals surface area contributed by atoms with Crippen molar-refractivity contribution >= 4 is 0 Å². The van der Waals surface area contributed by atoms with Crippen molar-refractivity contribution in [2.45, 2.75) is 38.6 Å². The van der Waals surface area contributed by atoms with Gasteiger partial charge < -0.3 is 5.32 Å². The van der Waals surface area contributed by atoms with E-state index in [2.05, 4.69) is 26.1 Å². The van der Waals surface area contributed by atoms with Gasteiger partial charge in [0, 0.05) is 5.54 Å². The summed E-state index contributed by atoms with van der Waals surface area (Å²) in [6.07, 6.45) is 1.04. The maximum Gasteiger partial charge on any atom is 0.123 e. The van der Waals surface area contributed by atoms with Gasteiger partial charge in [0.25, 0.3) is 0 Å². The first-order valence-electron chi connectivity index (χ1n) is 5.39. The third kappa shape index (κ3) is 3.63. The van der Waals surface area contributed by atoms with Gasteiger partial charge in [0.1, 0.15) is 5.82 Å². The molecular weight excluding hydrogens is 189 g/mol. The van der Waals surface area contributed by atoms with Crippen LogP contribution in [0.15, 0.2) is 24.3 Å². The summed E-state index contributed by atoms with van der Waals surface area (Å²) in [4.78, 5) is 0. The minimum atomic E-state index is -0.168. The summed E-state index contributed by atoms with van der Waals surface area (Å²) in [5, 5.41) is 3.28. The van der Waals surface area contributed by atoms with Crippen LogP contribution in [-0.4, -0.2) is 12.6 Å². The Morgan fingerprint density at radius 2 is 1.80 bits per heavy atom. The lowest BCUT2D eigenvalue weighted by Crippen LogP contribution is -2.37. The fraction of sp³-hybridized carbons (Fsp3) is 0.538. The van der Waals surface area contributed by atoms with Crippen LogP contribution in [0.2, 0.25) is 0 Å². The summed E-state index contributed by atoms with van der Waals surface area (Å²) in [6, 6.07) is 6.79. The molecule has 1 aromatic carbocycles. The highest BCUT2D eigenvalue weighted by Crippen LogP contribution is 2.25. The molecule has 0 amide bonds. The van der Waals surface area contributed by atoms with Crippen molar-refractivity contribution in [3.63, 3.8) is 0 Å². The van der Waals surface area contributed by atoms with Gasteiger partial charge in [-0.1, -0.05) is 19.1 Å². The van der Waals surface area contributed by atoms with Crippen LogP contribution in [0.25, 0.3) is 0 Å². The Balaban J connectivity index is 2.69. The first kappa shape index (κ1) is 12.2. The summed E-state index contributed by atoms with van der Waals surface area (Å²) in [5.41, 5.74) is 1.31. The second-order valence-electron chi connectivity index (χ2n) is 4.79. The van der Waals surface area contributed by atoms with E-state index in [1.54, 1.807) is 0 Å². The molecular formula is C13H20FN. The third-order valence-electron chi connectivity index (χ3n) is 2.93. The lowest BCUT2D eigenvalue weighted by atomic mass is 9.87. The molecule has 1 unspecified atom stereocenters. The highest BCUT2D eigenvalue weighted by Gasteiger charge is 2.19. The molecule has 84 valence electrons. The summed E-state index contributed by atoms with van der Waals surface area (Å²) >= 11 is 0. The number of hydrogen-bond acceptors (Lipinski definition) is 1. The Kier molecular flexibility index (Phi) is 3.86. The molecule has 0 aliphatic heterocycles. The largest absolute Gasteiger partial charge is 0.315 e. The van der Waals surface area contributed by atoms with E-state index >= 15 is 0 Å². The molecule has 0 saturated heterocycles. The highest BCUT2D eigenvalue weighted by atomic mass is 19.1. The summed E-state index contributed by atoms with van der Waals surface area (Å²) in [7, 11) is 1.97. The second kappa shape index (κ2) is 4.75. The topological polar surface area (TPSA) is 12.0 Å². The molecule has 0 aromatic heterocycles. The van der Waals surface area contributed by atoms with Gasteiger partial charge in [-0.25, -0.2) is 4.39 Å². The van der Waals surface area contributed by atoms with E-state index in [1.807, 2.05) is 19.2 Å². The lowest BCUT2D eigenvalue weighted by Gasteiger charge is -2.27. The van der Waals surface area contributed by atoms with Crippen molar-refractivity contribution in [3.8, 4) is 0 Å². The fourth-order valence-electron chi connectivity index (χ4n) is 1.78. The van der Waals surface area contributed by atoms with Crippen LogP contribution in [0.3, 0.4) is 0 Å². The molecule has 0 fully saturated rings. The first-order chi connectivity index (χ1) is 6.94. The molecule has 1 nitrogen and oxygen atoms in total. The van der Waals surface area contributed by atoms with Crippen LogP contribution >= 0.6 is 0 Å². The van der Waals surface area contributed by atoms with Crippen LogP contribution in [0.1, 0.15) is 38.7 Å². The minimum absolute atomic E-state index is 0.119. The highest BCUT2D eigenvalue weighted by molar-refractivity contribution is 5.20. The van der Waals surface area contributed by atoms with E-state index in [1.165, 1.54) is 17.7 Å². The Labute approximate surface area is 91.7 Å². The number of halogens is 1. The van der Waals surface area contributed by atoms with Crippen LogP contribution in [0.5, 0.6) is 0 Å². The Morgan fingerprint density at radius 1 is 1.27 bits per heavy atom. The third-order valence-corrected chi connectivity index (χ3v) is 2.93. The zero-order valence-corrected chi connectivity index (χ0v) is 9.97.